The highest BCUT2D eigenvalue weighted by Gasteiger charge is 2.40. The largest absolute Gasteiger partial charge is 0.383 e. The van der Waals surface area contributed by atoms with Gasteiger partial charge in [0.2, 0.25) is 0 Å². The molecule has 1 atom stereocenters. The lowest BCUT2D eigenvalue weighted by Crippen LogP contribution is -2.52. The minimum Gasteiger partial charge on any atom is -0.383 e. The third-order valence-corrected chi connectivity index (χ3v) is 5.67. The number of methoxy groups -OCH3 is 1. The van der Waals surface area contributed by atoms with E-state index in [1.165, 1.54) is 11.3 Å². The second-order valence-electron chi connectivity index (χ2n) is 6.63. The molecule has 3 rings (SSSR count). The molecule has 0 aromatic carbocycles. The zero-order valence-electron chi connectivity index (χ0n) is 13.8. The summed E-state index contributed by atoms with van der Waals surface area (Å²) in [5.74, 6) is 0.173. The van der Waals surface area contributed by atoms with Gasteiger partial charge in [0.25, 0.3) is 5.91 Å². The van der Waals surface area contributed by atoms with Crippen LogP contribution >= 0.6 is 11.3 Å². The van der Waals surface area contributed by atoms with E-state index in [-0.39, 0.29) is 11.3 Å². The summed E-state index contributed by atoms with van der Waals surface area (Å²) in [6, 6.07) is 3.86. The number of amides is 1. The third kappa shape index (κ3) is 4.12. The Morgan fingerprint density at radius 1 is 1.43 bits per heavy atom. The van der Waals surface area contributed by atoms with Crippen LogP contribution < -0.4 is 0 Å². The molecule has 0 saturated carbocycles. The minimum atomic E-state index is 0.0649. The van der Waals surface area contributed by atoms with Crippen molar-refractivity contribution in [3.63, 3.8) is 0 Å². The highest BCUT2D eigenvalue weighted by Crippen LogP contribution is 2.33. The van der Waals surface area contributed by atoms with Gasteiger partial charge >= 0.3 is 0 Å². The predicted molar refractivity (Wildman–Crippen MR) is 91.0 cm³/mol. The Labute approximate surface area is 142 Å². The summed E-state index contributed by atoms with van der Waals surface area (Å²) in [5, 5.41) is 1.97. The molecule has 1 aromatic heterocycles. The van der Waals surface area contributed by atoms with Crippen molar-refractivity contribution >= 4 is 17.2 Å². The number of carbonyl (C=O) groups is 1. The Hall–Kier alpha value is -0.950. The van der Waals surface area contributed by atoms with Crippen LogP contribution in [0.2, 0.25) is 0 Å². The Bertz CT molecular complexity index is 508. The molecule has 1 unspecified atom stereocenters. The molecule has 6 heteroatoms. The van der Waals surface area contributed by atoms with Crippen LogP contribution in [0.5, 0.6) is 0 Å². The van der Waals surface area contributed by atoms with E-state index in [0.717, 1.165) is 70.3 Å². The molecule has 2 fully saturated rings. The molecule has 0 aliphatic carbocycles. The van der Waals surface area contributed by atoms with Gasteiger partial charge in [0.1, 0.15) is 0 Å². The maximum Gasteiger partial charge on any atom is 0.263 e. The third-order valence-electron chi connectivity index (χ3n) is 4.81. The van der Waals surface area contributed by atoms with Crippen molar-refractivity contribution in [3.8, 4) is 0 Å². The maximum atomic E-state index is 12.7. The number of rotatable bonds is 4. The second kappa shape index (κ2) is 7.75. The van der Waals surface area contributed by atoms with Gasteiger partial charge < -0.3 is 14.4 Å². The van der Waals surface area contributed by atoms with E-state index in [4.69, 9.17) is 9.47 Å². The summed E-state index contributed by atoms with van der Waals surface area (Å²) in [4.78, 5) is 18.0. The van der Waals surface area contributed by atoms with Crippen LogP contribution in [0.15, 0.2) is 17.5 Å². The van der Waals surface area contributed by atoms with Gasteiger partial charge in [-0.1, -0.05) is 6.07 Å². The topological polar surface area (TPSA) is 42.0 Å². The van der Waals surface area contributed by atoms with Crippen LogP contribution in [-0.4, -0.2) is 75.4 Å². The monoisotopic (exact) mass is 338 g/mol. The SMILES string of the molecule is COCCN1CCOCC2(CCCN(C(=O)c3cccs3)C2)C1. The van der Waals surface area contributed by atoms with Gasteiger partial charge in [0.15, 0.2) is 0 Å². The van der Waals surface area contributed by atoms with Crippen molar-refractivity contribution < 1.29 is 14.3 Å². The molecular formula is C17H26N2O3S. The molecule has 2 saturated heterocycles. The molecule has 3 heterocycles. The van der Waals surface area contributed by atoms with E-state index in [1.807, 2.05) is 22.4 Å². The molecule has 128 valence electrons. The Kier molecular flexibility index (Phi) is 5.69. The Morgan fingerprint density at radius 2 is 2.35 bits per heavy atom. The molecule has 23 heavy (non-hydrogen) atoms. The lowest BCUT2D eigenvalue weighted by Gasteiger charge is -2.43. The molecule has 1 amide bonds. The summed E-state index contributed by atoms with van der Waals surface area (Å²) in [7, 11) is 1.74. The highest BCUT2D eigenvalue weighted by molar-refractivity contribution is 7.12. The number of piperidine rings is 1. The summed E-state index contributed by atoms with van der Waals surface area (Å²) >= 11 is 1.53. The van der Waals surface area contributed by atoms with Crippen LogP contribution in [-0.2, 0) is 9.47 Å². The van der Waals surface area contributed by atoms with E-state index in [9.17, 15) is 4.79 Å². The van der Waals surface area contributed by atoms with Crippen molar-refractivity contribution in [2.75, 3.05) is 59.7 Å². The predicted octanol–water partition coefficient (Wildman–Crippen LogP) is 1.95. The van der Waals surface area contributed by atoms with Gasteiger partial charge in [-0.25, -0.2) is 0 Å². The van der Waals surface area contributed by atoms with Gasteiger partial charge in [-0.05, 0) is 24.3 Å². The molecule has 0 bridgehead atoms. The first-order valence-corrected chi connectivity index (χ1v) is 9.22. The standard InChI is InChI=1S/C17H26N2O3S/c1-21-9-7-18-8-10-22-14-17(12-18)5-3-6-19(13-17)16(20)15-4-2-11-23-15/h2,4,11H,3,5-10,12-14H2,1H3. The van der Waals surface area contributed by atoms with Crippen LogP contribution in [0.3, 0.4) is 0 Å². The fourth-order valence-electron chi connectivity index (χ4n) is 3.68. The van der Waals surface area contributed by atoms with Crippen molar-refractivity contribution in [2.45, 2.75) is 12.8 Å². The Balaban J connectivity index is 1.68. The van der Waals surface area contributed by atoms with Crippen molar-refractivity contribution in [2.24, 2.45) is 5.41 Å². The first kappa shape index (κ1) is 16.9. The van der Waals surface area contributed by atoms with Crippen LogP contribution in [0.25, 0.3) is 0 Å². The minimum absolute atomic E-state index is 0.0649. The van der Waals surface area contributed by atoms with E-state index in [0.29, 0.717) is 0 Å². The van der Waals surface area contributed by atoms with E-state index in [1.54, 1.807) is 7.11 Å². The first-order chi connectivity index (χ1) is 11.2. The molecule has 0 N–H and O–H groups in total. The zero-order valence-corrected chi connectivity index (χ0v) is 14.6. The van der Waals surface area contributed by atoms with Gasteiger partial charge in [0, 0.05) is 45.2 Å². The zero-order chi connectivity index (χ0) is 16.1. The fraction of sp³-hybridized carbons (Fsp3) is 0.706. The number of hydrogen-bond donors (Lipinski definition) is 0. The molecule has 1 aromatic rings. The summed E-state index contributed by atoms with van der Waals surface area (Å²) < 4.78 is 11.1. The van der Waals surface area contributed by atoms with Gasteiger partial charge in [-0.15, -0.1) is 11.3 Å². The normalized spacial score (nSPS) is 26.4. The fourth-order valence-corrected chi connectivity index (χ4v) is 4.37. The van der Waals surface area contributed by atoms with Crippen LogP contribution in [0, 0.1) is 5.41 Å². The number of hydrogen-bond acceptors (Lipinski definition) is 5. The quantitative estimate of drug-likeness (QED) is 0.841. The number of ether oxygens (including phenoxy) is 2. The average Bonchev–Trinajstić information content (AvgIpc) is 3.03. The molecule has 2 aliphatic heterocycles. The average molecular weight is 338 g/mol. The lowest BCUT2D eigenvalue weighted by atomic mass is 9.80. The van der Waals surface area contributed by atoms with Crippen molar-refractivity contribution in [1.82, 2.24) is 9.80 Å². The highest BCUT2D eigenvalue weighted by atomic mass is 32.1. The van der Waals surface area contributed by atoms with Crippen molar-refractivity contribution in [1.29, 1.82) is 0 Å². The lowest BCUT2D eigenvalue weighted by molar-refractivity contribution is 0.00639. The number of nitrogens with zero attached hydrogens (tertiary/aromatic N) is 2. The maximum absolute atomic E-state index is 12.7. The van der Waals surface area contributed by atoms with Gasteiger partial charge in [0.05, 0.1) is 24.7 Å². The van der Waals surface area contributed by atoms with E-state index >= 15 is 0 Å². The molecule has 0 radical (unpaired) electrons. The molecule has 2 aliphatic rings. The van der Waals surface area contributed by atoms with Crippen LogP contribution in [0.1, 0.15) is 22.5 Å². The van der Waals surface area contributed by atoms with Crippen molar-refractivity contribution in [3.05, 3.63) is 22.4 Å². The summed E-state index contributed by atoms with van der Waals surface area (Å²) in [5.41, 5.74) is 0.0649. The molecular weight excluding hydrogens is 312 g/mol. The van der Waals surface area contributed by atoms with Crippen LogP contribution in [0.4, 0.5) is 0 Å². The van der Waals surface area contributed by atoms with Gasteiger partial charge in [-0.2, -0.15) is 0 Å². The number of carbonyl (C=O) groups excluding carboxylic acids is 1. The van der Waals surface area contributed by atoms with E-state index in [2.05, 4.69) is 4.90 Å². The van der Waals surface area contributed by atoms with E-state index < -0.39 is 0 Å². The van der Waals surface area contributed by atoms with Gasteiger partial charge in [-0.3, -0.25) is 9.69 Å². The molecule has 1 spiro atoms. The number of thiophene rings is 1. The summed E-state index contributed by atoms with van der Waals surface area (Å²) in [6.45, 7) is 6.79. The smallest absolute Gasteiger partial charge is 0.263 e. The Morgan fingerprint density at radius 3 is 3.13 bits per heavy atom. The first-order valence-electron chi connectivity index (χ1n) is 8.34. The second-order valence-corrected chi connectivity index (χ2v) is 7.58. The molecule has 5 nitrogen and oxygen atoms in total. The summed E-state index contributed by atoms with van der Waals surface area (Å²) in [6.07, 6.45) is 2.18. The number of likely N-dealkylation sites (tertiary alicyclic amines) is 1.